The Morgan fingerprint density at radius 1 is 0.850 bits per heavy atom. The molecule has 1 aliphatic carbocycles. The summed E-state index contributed by atoms with van der Waals surface area (Å²) in [6.07, 6.45) is 1.43. The first kappa shape index (κ1) is 13.3. The second-order valence-electron chi connectivity index (χ2n) is 4.28. The van der Waals surface area contributed by atoms with Crippen LogP contribution in [0.4, 0.5) is 0 Å². The van der Waals surface area contributed by atoms with Crippen LogP contribution in [0.2, 0.25) is 0 Å². The smallest absolute Gasteiger partial charge is 0.233 e. The van der Waals surface area contributed by atoms with Crippen molar-refractivity contribution in [2.45, 2.75) is 4.90 Å². The van der Waals surface area contributed by atoms with Gasteiger partial charge in [0.1, 0.15) is 0 Å². The van der Waals surface area contributed by atoms with Crippen molar-refractivity contribution in [1.82, 2.24) is 0 Å². The van der Waals surface area contributed by atoms with Crippen molar-refractivity contribution in [1.29, 1.82) is 0 Å². The molecule has 0 bridgehead atoms. The highest BCUT2D eigenvalue weighted by Gasteiger charge is 2.25. The van der Waals surface area contributed by atoms with Gasteiger partial charge >= 0.3 is 0 Å². The van der Waals surface area contributed by atoms with Gasteiger partial charge in [-0.15, -0.1) is 0 Å². The van der Waals surface area contributed by atoms with Crippen LogP contribution in [0.1, 0.15) is 15.9 Å². The quantitative estimate of drug-likeness (QED) is 0.759. The Hall–Kier alpha value is -1.65. The lowest BCUT2D eigenvalue weighted by molar-refractivity contribution is -0.110. The van der Waals surface area contributed by atoms with Gasteiger partial charge in [-0.3, -0.25) is 9.59 Å². The predicted molar refractivity (Wildman–Crippen MR) is 83.8 cm³/mol. The number of allylic oxidation sites excluding steroid dienone is 1. The SMILES string of the molecule is O=C1C=C(Sc2ccccc2Br)c2ccccc2C1=O. The van der Waals surface area contributed by atoms with E-state index in [0.717, 1.165) is 19.8 Å². The zero-order valence-electron chi connectivity index (χ0n) is 10.3. The van der Waals surface area contributed by atoms with Crippen LogP contribution < -0.4 is 0 Å². The fourth-order valence-electron chi connectivity index (χ4n) is 2.02. The topological polar surface area (TPSA) is 34.1 Å². The third kappa shape index (κ3) is 2.37. The molecule has 2 aromatic rings. The Morgan fingerprint density at radius 3 is 2.25 bits per heavy atom. The zero-order valence-corrected chi connectivity index (χ0v) is 12.7. The van der Waals surface area contributed by atoms with E-state index in [2.05, 4.69) is 15.9 Å². The molecule has 3 rings (SSSR count). The van der Waals surface area contributed by atoms with E-state index in [-0.39, 0.29) is 0 Å². The number of thioether (sulfide) groups is 1. The lowest BCUT2D eigenvalue weighted by Crippen LogP contribution is -2.17. The highest BCUT2D eigenvalue weighted by molar-refractivity contribution is 9.10. The predicted octanol–water partition coefficient (Wildman–Crippen LogP) is 4.35. The molecular weight excluding hydrogens is 336 g/mol. The number of Topliss-reactive ketones (excluding diaryl/α,β-unsaturated/α-hetero) is 1. The van der Waals surface area contributed by atoms with Crippen molar-refractivity contribution < 1.29 is 9.59 Å². The van der Waals surface area contributed by atoms with Crippen molar-refractivity contribution >= 4 is 44.2 Å². The summed E-state index contributed by atoms with van der Waals surface area (Å²) >= 11 is 4.97. The second kappa shape index (κ2) is 5.38. The van der Waals surface area contributed by atoms with E-state index in [9.17, 15) is 9.59 Å². The molecule has 0 heterocycles. The molecule has 0 unspecified atom stereocenters. The molecule has 20 heavy (non-hydrogen) atoms. The fraction of sp³-hybridized carbons (Fsp3) is 0. The maximum atomic E-state index is 11.9. The Morgan fingerprint density at radius 2 is 1.50 bits per heavy atom. The second-order valence-corrected chi connectivity index (χ2v) is 6.22. The normalized spacial score (nSPS) is 13.9. The Balaban J connectivity index is 2.06. The average Bonchev–Trinajstić information content (AvgIpc) is 2.47. The van der Waals surface area contributed by atoms with Crippen LogP contribution >= 0.6 is 27.7 Å². The molecule has 0 aromatic heterocycles. The van der Waals surface area contributed by atoms with Crippen molar-refractivity contribution in [2.24, 2.45) is 0 Å². The van der Waals surface area contributed by atoms with Crippen molar-refractivity contribution in [3.05, 3.63) is 70.2 Å². The molecule has 0 aliphatic heterocycles. The lowest BCUT2D eigenvalue weighted by atomic mass is 9.95. The van der Waals surface area contributed by atoms with Crippen LogP contribution in [-0.2, 0) is 4.79 Å². The molecule has 0 saturated heterocycles. The number of halogens is 1. The molecule has 2 nitrogen and oxygen atoms in total. The lowest BCUT2D eigenvalue weighted by Gasteiger charge is -2.16. The Labute approximate surface area is 129 Å². The van der Waals surface area contributed by atoms with Gasteiger partial charge < -0.3 is 0 Å². The van der Waals surface area contributed by atoms with Crippen LogP contribution in [0.5, 0.6) is 0 Å². The van der Waals surface area contributed by atoms with E-state index in [4.69, 9.17) is 0 Å². The number of hydrogen-bond donors (Lipinski definition) is 0. The van der Waals surface area contributed by atoms with Gasteiger partial charge in [0, 0.05) is 25.9 Å². The molecule has 0 amide bonds. The number of carbonyl (C=O) groups is 2. The van der Waals surface area contributed by atoms with Crippen LogP contribution in [0.15, 0.2) is 64.0 Å². The first-order chi connectivity index (χ1) is 9.66. The summed E-state index contributed by atoms with van der Waals surface area (Å²) < 4.78 is 0.965. The van der Waals surface area contributed by atoms with Gasteiger partial charge in [-0.05, 0) is 33.6 Å². The molecule has 0 radical (unpaired) electrons. The van der Waals surface area contributed by atoms with E-state index in [1.165, 1.54) is 17.8 Å². The van der Waals surface area contributed by atoms with Crippen molar-refractivity contribution in [2.75, 3.05) is 0 Å². The maximum absolute atomic E-state index is 11.9. The number of fused-ring (bicyclic) bond motifs is 1. The summed E-state index contributed by atoms with van der Waals surface area (Å²) in [4.78, 5) is 25.5. The third-order valence-corrected chi connectivity index (χ3v) is 5.07. The van der Waals surface area contributed by atoms with Gasteiger partial charge in [0.15, 0.2) is 0 Å². The highest BCUT2D eigenvalue weighted by Crippen LogP contribution is 2.40. The van der Waals surface area contributed by atoms with Crippen LogP contribution in [0.3, 0.4) is 0 Å². The molecule has 0 N–H and O–H groups in total. The summed E-state index contributed by atoms with van der Waals surface area (Å²) in [5.74, 6) is -0.893. The number of carbonyl (C=O) groups excluding carboxylic acids is 2. The molecule has 0 fully saturated rings. The average molecular weight is 345 g/mol. The molecule has 0 spiro atoms. The molecule has 4 heteroatoms. The minimum atomic E-state index is -0.460. The van der Waals surface area contributed by atoms with E-state index in [0.29, 0.717) is 5.56 Å². The van der Waals surface area contributed by atoms with Gasteiger partial charge in [-0.25, -0.2) is 0 Å². The standard InChI is InChI=1S/C16H9BrO2S/c17-12-7-3-4-8-14(12)20-15-9-13(18)16(19)11-6-2-1-5-10(11)15/h1-9H. The fourth-order valence-corrected chi connectivity index (χ4v) is 3.55. The molecule has 0 atom stereocenters. The van der Waals surface area contributed by atoms with Crippen LogP contribution in [0.25, 0.3) is 4.91 Å². The van der Waals surface area contributed by atoms with Crippen LogP contribution in [-0.4, -0.2) is 11.6 Å². The molecule has 98 valence electrons. The number of benzene rings is 2. The summed E-state index contributed by atoms with van der Waals surface area (Å²) in [6.45, 7) is 0. The van der Waals surface area contributed by atoms with Crippen LogP contribution in [0, 0.1) is 0 Å². The highest BCUT2D eigenvalue weighted by atomic mass is 79.9. The first-order valence-electron chi connectivity index (χ1n) is 5.99. The van der Waals surface area contributed by atoms with E-state index < -0.39 is 11.6 Å². The minimum absolute atomic E-state index is 0.433. The van der Waals surface area contributed by atoms with Gasteiger partial charge in [0.2, 0.25) is 11.6 Å². The Kier molecular flexibility index (Phi) is 3.59. The Bertz CT molecular complexity index is 750. The van der Waals surface area contributed by atoms with E-state index in [1.54, 1.807) is 12.1 Å². The zero-order chi connectivity index (χ0) is 14.1. The van der Waals surface area contributed by atoms with E-state index >= 15 is 0 Å². The van der Waals surface area contributed by atoms with Gasteiger partial charge in [0.25, 0.3) is 0 Å². The number of ketones is 2. The van der Waals surface area contributed by atoms with Gasteiger partial charge in [0.05, 0.1) is 0 Å². The monoisotopic (exact) mass is 344 g/mol. The summed E-state index contributed by atoms with van der Waals surface area (Å²) in [6, 6.07) is 15.0. The number of hydrogen-bond acceptors (Lipinski definition) is 3. The maximum Gasteiger partial charge on any atom is 0.233 e. The summed E-state index contributed by atoms with van der Waals surface area (Å²) in [5.41, 5.74) is 1.30. The summed E-state index contributed by atoms with van der Waals surface area (Å²) in [7, 11) is 0. The summed E-state index contributed by atoms with van der Waals surface area (Å²) in [5, 5.41) is 0. The van der Waals surface area contributed by atoms with Gasteiger partial charge in [-0.1, -0.05) is 48.2 Å². The van der Waals surface area contributed by atoms with Gasteiger partial charge in [-0.2, -0.15) is 0 Å². The molecule has 2 aromatic carbocycles. The molecule has 1 aliphatic rings. The minimum Gasteiger partial charge on any atom is -0.286 e. The largest absolute Gasteiger partial charge is 0.286 e. The van der Waals surface area contributed by atoms with Crippen molar-refractivity contribution in [3.8, 4) is 0 Å². The first-order valence-corrected chi connectivity index (χ1v) is 7.60. The third-order valence-electron chi connectivity index (χ3n) is 2.98. The van der Waals surface area contributed by atoms with Crippen molar-refractivity contribution in [3.63, 3.8) is 0 Å². The number of rotatable bonds is 2. The molecule has 0 saturated carbocycles. The van der Waals surface area contributed by atoms with E-state index in [1.807, 2.05) is 36.4 Å². The molecular formula is C16H9BrO2S.